The molecule has 0 atom stereocenters. The van der Waals surface area contributed by atoms with Crippen LogP contribution in [-0.2, 0) is 5.41 Å². The van der Waals surface area contributed by atoms with Crippen LogP contribution in [-0.4, -0.2) is 9.13 Å². The minimum absolute atomic E-state index is 0.523. The highest BCUT2D eigenvalue weighted by Crippen LogP contribution is 2.57. The van der Waals surface area contributed by atoms with Crippen molar-refractivity contribution in [3.8, 4) is 89.3 Å². The Labute approximate surface area is 506 Å². The fraction of sp³-hybridized carbons (Fsp3) is 0.0118. The van der Waals surface area contributed by atoms with Gasteiger partial charge in [-0.2, -0.15) is 0 Å². The van der Waals surface area contributed by atoms with Crippen LogP contribution < -0.4 is 0 Å². The molecule has 0 saturated heterocycles. The Balaban J connectivity index is 0.653. The predicted molar refractivity (Wildman–Crippen MR) is 365 cm³/mol. The second-order valence-corrected chi connectivity index (χ2v) is 23.1. The summed E-state index contributed by atoms with van der Waals surface area (Å²) < 4.78 is 4.79. The topological polar surface area (TPSA) is 9.86 Å². The molecule has 17 rings (SSSR count). The lowest BCUT2D eigenvalue weighted by Gasteiger charge is -2.34. The van der Waals surface area contributed by atoms with Crippen molar-refractivity contribution in [2.45, 2.75) is 5.41 Å². The van der Waals surface area contributed by atoms with Gasteiger partial charge in [0.15, 0.2) is 0 Å². The van der Waals surface area contributed by atoms with Crippen LogP contribution in [0.15, 0.2) is 340 Å². The van der Waals surface area contributed by atoms with E-state index in [1.54, 1.807) is 0 Å². The Morgan fingerprint density at radius 3 is 1.05 bits per heavy atom. The number of aromatic nitrogens is 2. The molecule has 0 radical (unpaired) electrons. The van der Waals surface area contributed by atoms with Gasteiger partial charge in [-0.25, -0.2) is 0 Å². The van der Waals surface area contributed by atoms with Gasteiger partial charge in [0.2, 0.25) is 0 Å². The number of fused-ring (bicyclic) bond motifs is 9. The van der Waals surface area contributed by atoms with E-state index in [0.717, 1.165) is 5.69 Å². The molecule has 0 spiro atoms. The third kappa shape index (κ3) is 8.17. The Kier molecular flexibility index (Phi) is 11.8. The van der Waals surface area contributed by atoms with E-state index in [0.29, 0.717) is 0 Å². The predicted octanol–water partition coefficient (Wildman–Crippen LogP) is 22.2. The Hall–Kier alpha value is -11.3. The van der Waals surface area contributed by atoms with Crippen molar-refractivity contribution in [1.29, 1.82) is 0 Å². The van der Waals surface area contributed by atoms with Crippen molar-refractivity contribution >= 4 is 43.6 Å². The van der Waals surface area contributed by atoms with Gasteiger partial charge in [0.25, 0.3) is 0 Å². The molecular formula is C85H56N2. The number of nitrogens with zero attached hydrogens (tertiary/aromatic N) is 2. The van der Waals surface area contributed by atoms with E-state index in [-0.39, 0.29) is 0 Å². The second kappa shape index (κ2) is 20.5. The minimum atomic E-state index is -0.523. The normalized spacial score (nSPS) is 12.5. The molecular weight excluding hydrogens is 1050 g/mol. The minimum Gasteiger partial charge on any atom is -0.309 e. The fourth-order valence-corrected chi connectivity index (χ4v) is 14.4. The van der Waals surface area contributed by atoms with Crippen molar-refractivity contribution in [3.05, 3.63) is 362 Å². The van der Waals surface area contributed by atoms with Crippen molar-refractivity contribution in [1.82, 2.24) is 9.13 Å². The van der Waals surface area contributed by atoms with Gasteiger partial charge in [0, 0.05) is 32.9 Å². The molecule has 0 N–H and O–H groups in total. The third-order valence-electron chi connectivity index (χ3n) is 18.5. The molecule has 0 fully saturated rings. The quantitative estimate of drug-likeness (QED) is 0.129. The summed E-state index contributed by atoms with van der Waals surface area (Å²) in [6.07, 6.45) is 0. The molecule has 2 nitrogen and oxygen atoms in total. The van der Waals surface area contributed by atoms with Gasteiger partial charge in [-0.3, -0.25) is 0 Å². The largest absolute Gasteiger partial charge is 0.309 e. The van der Waals surface area contributed by atoms with E-state index in [9.17, 15) is 0 Å². The van der Waals surface area contributed by atoms with E-state index >= 15 is 0 Å². The molecule has 0 unspecified atom stereocenters. The summed E-state index contributed by atoms with van der Waals surface area (Å²) >= 11 is 0. The SMILES string of the molecule is c1ccc(-c2ccccc2-c2ccc(C3(c4cccc(-c5ccc(-c6ccc(-c7ccc(-n8c9ccccc9c9cc(-c%10ccc%11c(c%10)c%10ccccc%10n%11-c%10ccccc%10)ccc98)cc7)cc6)cc5)c4)c4ccccc4-c4ccccc43)cc2)cc1. The lowest BCUT2D eigenvalue weighted by molar-refractivity contribution is 0.769. The Morgan fingerprint density at radius 1 is 0.184 bits per heavy atom. The first kappa shape index (κ1) is 50.2. The lowest BCUT2D eigenvalue weighted by atomic mass is 9.67. The number of hydrogen-bond donors (Lipinski definition) is 0. The highest BCUT2D eigenvalue weighted by atomic mass is 15.0. The van der Waals surface area contributed by atoms with Crippen molar-refractivity contribution in [3.63, 3.8) is 0 Å². The highest BCUT2D eigenvalue weighted by Gasteiger charge is 2.46. The van der Waals surface area contributed by atoms with Crippen molar-refractivity contribution in [2.24, 2.45) is 0 Å². The van der Waals surface area contributed by atoms with E-state index in [2.05, 4.69) is 349 Å². The van der Waals surface area contributed by atoms with Crippen LogP contribution in [0.5, 0.6) is 0 Å². The number of rotatable bonds is 10. The summed E-state index contributed by atoms with van der Waals surface area (Å²) in [6.45, 7) is 0. The van der Waals surface area contributed by atoms with Gasteiger partial charge in [-0.1, -0.05) is 273 Å². The van der Waals surface area contributed by atoms with Gasteiger partial charge in [0.1, 0.15) is 0 Å². The van der Waals surface area contributed by atoms with Gasteiger partial charge >= 0.3 is 0 Å². The van der Waals surface area contributed by atoms with E-state index in [1.165, 1.54) is 149 Å². The maximum absolute atomic E-state index is 2.43. The zero-order valence-corrected chi connectivity index (χ0v) is 47.7. The zero-order chi connectivity index (χ0) is 57.4. The second-order valence-electron chi connectivity index (χ2n) is 23.1. The zero-order valence-electron chi connectivity index (χ0n) is 47.7. The first-order chi connectivity index (χ1) is 43.1. The van der Waals surface area contributed by atoms with Crippen LogP contribution in [0.25, 0.3) is 133 Å². The van der Waals surface area contributed by atoms with Crippen LogP contribution in [0.2, 0.25) is 0 Å². The highest BCUT2D eigenvalue weighted by molar-refractivity contribution is 6.13. The Morgan fingerprint density at radius 2 is 0.529 bits per heavy atom. The number of hydrogen-bond acceptors (Lipinski definition) is 0. The van der Waals surface area contributed by atoms with Crippen molar-refractivity contribution in [2.75, 3.05) is 0 Å². The molecule has 2 heteroatoms. The molecule has 16 aromatic rings. The smallest absolute Gasteiger partial charge is 0.0713 e. The molecule has 0 amide bonds. The van der Waals surface area contributed by atoms with Gasteiger partial charge in [0.05, 0.1) is 27.5 Å². The summed E-state index contributed by atoms with van der Waals surface area (Å²) in [6, 6.07) is 125. The van der Waals surface area contributed by atoms with Crippen LogP contribution >= 0.6 is 0 Å². The molecule has 2 aromatic heterocycles. The fourth-order valence-electron chi connectivity index (χ4n) is 14.4. The molecule has 0 aliphatic heterocycles. The first-order valence-electron chi connectivity index (χ1n) is 30.1. The summed E-state index contributed by atoms with van der Waals surface area (Å²) in [7, 11) is 0. The van der Waals surface area contributed by atoms with Crippen LogP contribution in [0.3, 0.4) is 0 Å². The summed E-state index contributed by atoms with van der Waals surface area (Å²) in [5, 5.41) is 4.99. The Bertz CT molecular complexity index is 5230. The van der Waals surface area contributed by atoms with Crippen LogP contribution in [0.1, 0.15) is 22.3 Å². The van der Waals surface area contributed by atoms with Gasteiger partial charge in [-0.15, -0.1) is 0 Å². The summed E-state index contributed by atoms with van der Waals surface area (Å²) in [4.78, 5) is 0. The summed E-state index contributed by atoms with van der Waals surface area (Å²) in [5.74, 6) is 0. The summed E-state index contributed by atoms with van der Waals surface area (Å²) in [5.41, 5.74) is 28.7. The number of para-hydroxylation sites is 3. The molecule has 1 aliphatic rings. The average Bonchev–Trinajstić information content (AvgIpc) is 1.68. The van der Waals surface area contributed by atoms with Gasteiger partial charge < -0.3 is 9.13 Å². The third-order valence-corrected chi connectivity index (χ3v) is 18.5. The molecule has 406 valence electrons. The maximum Gasteiger partial charge on any atom is 0.0713 e. The van der Waals surface area contributed by atoms with Crippen molar-refractivity contribution < 1.29 is 0 Å². The van der Waals surface area contributed by atoms with E-state index in [1.807, 2.05) is 0 Å². The monoisotopic (exact) mass is 1100 g/mol. The molecule has 14 aromatic carbocycles. The van der Waals surface area contributed by atoms with Crippen LogP contribution in [0.4, 0.5) is 0 Å². The molecule has 0 bridgehead atoms. The van der Waals surface area contributed by atoms with Crippen LogP contribution in [0, 0.1) is 0 Å². The maximum atomic E-state index is 2.43. The van der Waals surface area contributed by atoms with Gasteiger partial charge in [-0.05, 0) is 167 Å². The molecule has 1 aliphatic carbocycles. The molecule has 87 heavy (non-hydrogen) atoms. The van der Waals surface area contributed by atoms with E-state index in [4.69, 9.17) is 0 Å². The number of benzene rings is 14. The average molecular weight is 1110 g/mol. The molecule has 0 saturated carbocycles. The molecule has 2 heterocycles. The van der Waals surface area contributed by atoms with E-state index < -0.39 is 5.41 Å². The lowest BCUT2D eigenvalue weighted by Crippen LogP contribution is -2.28. The standard InChI is InChI=1S/C85H56N2/c1-3-18-62(19-4-1)71-24-7-8-25-72(71)63-42-48-67(49-43-63)85(79-30-13-9-26-73(79)74-27-10-14-31-80(74)85)68-21-17-20-64(54-68)61-40-38-58(39-41-61)57-34-36-59(37-35-57)60-44-50-70(51-45-60)87-82-33-16-12-29-76(82)78-56-66(47-53-84(78)87)65-46-52-83-77(55-65)75-28-11-15-32-81(75)86(83)69-22-5-2-6-23-69/h1-56H. The first-order valence-corrected chi connectivity index (χ1v) is 30.1.